The molecule has 26 heavy (non-hydrogen) atoms. The van der Waals surface area contributed by atoms with E-state index in [1.165, 1.54) is 18.5 Å². The van der Waals surface area contributed by atoms with Crippen molar-refractivity contribution in [3.8, 4) is 5.75 Å². The van der Waals surface area contributed by atoms with Crippen LogP contribution in [0.5, 0.6) is 5.75 Å². The third-order valence-electron chi connectivity index (χ3n) is 4.50. The lowest BCUT2D eigenvalue weighted by molar-refractivity contribution is -0.129. The van der Waals surface area contributed by atoms with Crippen molar-refractivity contribution in [3.63, 3.8) is 0 Å². The molecule has 2 aromatic rings. The Morgan fingerprint density at radius 3 is 2.85 bits per heavy atom. The van der Waals surface area contributed by atoms with Crippen molar-refractivity contribution < 1.29 is 13.9 Å². The summed E-state index contributed by atoms with van der Waals surface area (Å²) in [4.78, 5) is 17.9. The number of benzene rings is 1. The number of nitrogens with zero attached hydrogens (tertiary/aromatic N) is 4. The van der Waals surface area contributed by atoms with Crippen molar-refractivity contribution in [2.24, 2.45) is 0 Å². The highest BCUT2D eigenvalue weighted by Crippen LogP contribution is 2.20. The molecule has 0 spiro atoms. The summed E-state index contributed by atoms with van der Waals surface area (Å²) in [5.41, 5.74) is 0. The van der Waals surface area contributed by atoms with Crippen molar-refractivity contribution in [2.45, 2.75) is 31.8 Å². The number of ether oxygens (including phenoxy) is 1. The highest BCUT2D eigenvalue weighted by Gasteiger charge is 2.29. The Morgan fingerprint density at radius 1 is 1.23 bits per heavy atom. The van der Waals surface area contributed by atoms with Gasteiger partial charge in [0.25, 0.3) is 0 Å². The standard InChI is InChI=1S/C18H24FN5O2/c19-15-1-4-17(5-2-15)26-12-9-20-8-7-16-3-6-18(25)24(16)11-10-23-14-21-13-22-23/h1-2,4-5,13-14,16,20H,3,6-12H2. The highest BCUT2D eigenvalue weighted by atomic mass is 19.1. The fourth-order valence-corrected chi connectivity index (χ4v) is 3.12. The number of carbonyl (C=O) groups is 1. The van der Waals surface area contributed by atoms with Crippen molar-refractivity contribution >= 4 is 5.91 Å². The molecule has 2 heterocycles. The zero-order valence-corrected chi connectivity index (χ0v) is 14.7. The molecule has 140 valence electrons. The van der Waals surface area contributed by atoms with Gasteiger partial charge >= 0.3 is 0 Å². The second kappa shape index (κ2) is 9.28. The molecule has 7 nitrogen and oxygen atoms in total. The zero-order chi connectivity index (χ0) is 18.2. The highest BCUT2D eigenvalue weighted by molar-refractivity contribution is 5.78. The number of halogens is 1. The van der Waals surface area contributed by atoms with Gasteiger partial charge in [0.1, 0.15) is 30.8 Å². The molecule has 0 saturated carbocycles. The Kier molecular flexibility index (Phi) is 6.54. The number of nitrogens with one attached hydrogen (secondary N) is 1. The van der Waals surface area contributed by atoms with Crippen LogP contribution in [-0.2, 0) is 11.3 Å². The minimum absolute atomic E-state index is 0.217. The van der Waals surface area contributed by atoms with Crippen molar-refractivity contribution in [1.29, 1.82) is 0 Å². The summed E-state index contributed by atoms with van der Waals surface area (Å²) in [6.45, 7) is 3.38. The van der Waals surface area contributed by atoms with Gasteiger partial charge in [0.05, 0.1) is 6.54 Å². The van der Waals surface area contributed by atoms with Gasteiger partial charge < -0.3 is 15.0 Å². The van der Waals surface area contributed by atoms with Gasteiger partial charge in [-0.3, -0.25) is 9.48 Å². The SMILES string of the molecule is O=C1CCC(CCNCCOc2ccc(F)cc2)N1CCn1cncn1. The summed E-state index contributed by atoms with van der Waals surface area (Å²) >= 11 is 0. The Balaban J connectivity index is 1.31. The Morgan fingerprint density at radius 2 is 2.08 bits per heavy atom. The van der Waals surface area contributed by atoms with Crippen LogP contribution in [0.15, 0.2) is 36.9 Å². The van der Waals surface area contributed by atoms with Crippen LogP contribution in [0.4, 0.5) is 4.39 Å². The predicted octanol–water partition coefficient (Wildman–Crippen LogP) is 1.47. The minimum Gasteiger partial charge on any atom is -0.492 e. The van der Waals surface area contributed by atoms with Crippen molar-refractivity contribution in [2.75, 3.05) is 26.2 Å². The smallest absolute Gasteiger partial charge is 0.222 e. The summed E-state index contributed by atoms with van der Waals surface area (Å²) in [5.74, 6) is 0.610. The zero-order valence-electron chi connectivity index (χ0n) is 14.7. The maximum atomic E-state index is 12.8. The van der Waals surface area contributed by atoms with Gasteiger partial charge in [0, 0.05) is 25.6 Å². The van der Waals surface area contributed by atoms with Gasteiger partial charge in [0.2, 0.25) is 5.91 Å². The van der Waals surface area contributed by atoms with Gasteiger partial charge in [0.15, 0.2) is 0 Å². The average Bonchev–Trinajstić information content (AvgIpc) is 3.28. The fraction of sp³-hybridized carbons (Fsp3) is 0.500. The second-order valence-electron chi connectivity index (χ2n) is 6.28. The molecule has 1 aromatic carbocycles. The van der Waals surface area contributed by atoms with E-state index in [1.807, 2.05) is 4.90 Å². The molecule has 1 saturated heterocycles. The molecule has 1 fully saturated rings. The predicted molar refractivity (Wildman–Crippen MR) is 94.1 cm³/mol. The molecule has 0 bridgehead atoms. The number of likely N-dealkylation sites (tertiary alicyclic amines) is 1. The molecule has 1 aliphatic rings. The van der Waals surface area contributed by atoms with Crippen LogP contribution in [-0.4, -0.2) is 57.9 Å². The summed E-state index contributed by atoms with van der Waals surface area (Å²) in [5, 5.41) is 7.41. The van der Waals surface area contributed by atoms with Gasteiger partial charge in [-0.25, -0.2) is 9.37 Å². The van der Waals surface area contributed by atoms with E-state index in [1.54, 1.807) is 23.1 Å². The largest absolute Gasteiger partial charge is 0.492 e. The van der Waals surface area contributed by atoms with Crippen molar-refractivity contribution in [3.05, 3.63) is 42.7 Å². The quantitative estimate of drug-likeness (QED) is 0.649. The van der Waals surface area contributed by atoms with Crippen LogP contribution in [0.25, 0.3) is 0 Å². The molecule has 0 radical (unpaired) electrons. The first kappa shape index (κ1) is 18.3. The fourth-order valence-electron chi connectivity index (χ4n) is 3.12. The van der Waals surface area contributed by atoms with E-state index in [-0.39, 0.29) is 17.8 Å². The Bertz CT molecular complexity index is 677. The van der Waals surface area contributed by atoms with Gasteiger partial charge in [-0.2, -0.15) is 5.10 Å². The van der Waals surface area contributed by atoms with E-state index in [4.69, 9.17) is 4.74 Å². The Hall–Kier alpha value is -2.48. The molecule has 1 unspecified atom stereocenters. The van der Waals surface area contributed by atoms with E-state index in [0.717, 1.165) is 19.4 Å². The van der Waals surface area contributed by atoms with Gasteiger partial charge in [-0.1, -0.05) is 0 Å². The monoisotopic (exact) mass is 361 g/mol. The summed E-state index contributed by atoms with van der Waals surface area (Å²) in [6.07, 6.45) is 5.61. The van der Waals surface area contributed by atoms with Crippen LogP contribution in [0.3, 0.4) is 0 Å². The third kappa shape index (κ3) is 5.26. The number of aromatic nitrogens is 3. The molecular formula is C18H24FN5O2. The van der Waals surface area contributed by atoms with E-state index in [2.05, 4.69) is 15.4 Å². The molecule has 3 rings (SSSR count). The first-order valence-electron chi connectivity index (χ1n) is 8.93. The topological polar surface area (TPSA) is 72.3 Å². The number of amides is 1. The second-order valence-corrected chi connectivity index (χ2v) is 6.28. The Labute approximate surface area is 152 Å². The van der Waals surface area contributed by atoms with Crippen LogP contribution >= 0.6 is 0 Å². The molecule has 1 atom stereocenters. The lowest BCUT2D eigenvalue weighted by Gasteiger charge is -2.25. The van der Waals surface area contributed by atoms with Gasteiger partial charge in [-0.15, -0.1) is 0 Å². The molecule has 1 amide bonds. The minimum atomic E-state index is -0.269. The summed E-state index contributed by atoms with van der Waals surface area (Å²) in [6, 6.07) is 6.28. The summed E-state index contributed by atoms with van der Waals surface area (Å²) < 4.78 is 20.1. The van der Waals surface area contributed by atoms with E-state index < -0.39 is 0 Å². The molecular weight excluding hydrogens is 337 g/mol. The maximum absolute atomic E-state index is 12.8. The number of hydrogen-bond donors (Lipinski definition) is 1. The first-order chi connectivity index (χ1) is 12.7. The van der Waals surface area contributed by atoms with E-state index >= 15 is 0 Å². The number of hydrogen-bond acceptors (Lipinski definition) is 5. The van der Waals surface area contributed by atoms with Crippen LogP contribution < -0.4 is 10.1 Å². The molecule has 1 aliphatic heterocycles. The molecule has 1 aromatic heterocycles. The van der Waals surface area contributed by atoms with E-state index in [9.17, 15) is 9.18 Å². The summed E-state index contributed by atoms with van der Waals surface area (Å²) in [7, 11) is 0. The van der Waals surface area contributed by atoms with Crippen LogP contribution in [0, 0.1) is 5.82 Å². The first-order valence-corrected chi connectivity index (χ1v) is 8.93. The van der Waals surface area contributed by atoms with Crippen LogP contribution in [0.2, 0.25) is 0 Å². The maximum Gasteiger partial charge on any atom is 0.222 e. The normalized spacial score (nSPS) is 17.0. The molecule has 0 aliphatic carbocycles. The lowest BCUT2D eigenvalue weighted by atomic mass is 10.1. The average molecular weight is 361 g/mol. The molecule has 8 heteroatoms. The van der Waals surface area contributed by atoms with Crippen molar-refractivity contribution in [1.82, 2.24) is 25.0 Å². The number of rotatable bonds is 10. The third-order valence-corrected chi connectivity index (χ3v) is 4.50. The van der Waals surface area contributed by atoms with Gasteiger partial charge in [-0.05, 0) is 43.7 Å². The van der Waals surface area contributed by atoms with Crippen LogP contribution in [0.1, 0.15) is 19.3 Å². The molecule has 1 N–H and O–H groups in total. The number of carbonyl (C=O) groups excluding carboxylic acids is 1. The van der Waals surface area contributed by atoms with E-state index in [0.29, 0.717) is 38.4 Å². The lowest BCUT2D eigenvalue weighted by Crippen LogP contribution is -2.37.